The molecule has 3 aromatic rings. The van der Waals surface area contributed by atoms with Crippen LogP contribution >= 0.6 is 11.6 Å². The number of aromatic nitrogens is 4. The summed E-state index contributed by atoms with van der Waals surface area (Å²) < 4.78 is 0. The highest BCUT2D eigenvalue weighted by Gasteiger charge is 2.35. The van der Waals surface area contributed by atoms with Crippen molar-refractivity contribution in [1.29, 1.82) is 0 Å². The summed E-state index contributed by atoms with van der Waals surface area (Å²) in [6, 6.07) is 11.5. The molecule has 0 aliphatic heterocycles. The lowest BCUT2D eigenvalue weighted by molar-refractivity contribution is -0.122. The number of halogens is 1. The smallest absolute Gasteiger partial charge is 0.249 e. The van der Waals surface area contributed by atoms with Crippen LogP contribution in [0.25, 0.3) is 11.4 Å². The fourth-order valence-corrected chi connectivity index (χ4v) is 3.13. The Labute approximate surface area is 149 Å². The summed E-state index contributed by atoms with van der Waals surface area (Å²) in [6.07, 6.45) is 5.02. The lowest BCUT2D eigenvalue weighted by Crippen LogP contribution is -2.33. The third-order valence-electron chi connectivity index (χ3n) is 4.52. The number of nitrogens with zero attached hydrogens (tertiary/aromatic N) is 3. The number of amides is 1. The molecule has 25 heavy (non-hydrogen) atoms. The fourth-order valence-electron chi connectivity index (χ4n) is 3.01. The van der Waals surface area contributed by atoms with E-state index in [-0.39, 0.29) is 11.8 Å². The van der Waals surface area contributed by atoms with E-state index in [9.17, 15) is 4.79 Å². The molecule has 1 amide bonds. The van der Waals surface area contributed by atoms with Gasteiger partial charge in [0.15, 0.2) is 5.82 Å². The van der Waals surface area contributed by atoms with Crippen LogP contribution in [0.3, 0.4) is 0 Å². The highest BCUT2D eigenvalue weighted by atomic mass is 35.5. The number of carbonyl (C=O) groups is 1. The van der Waals surface area contributed by atoms with Crippen LogP contribution in [0.4, 0.5) is 5.95 Å². The van der Waals surface area contributed by atoms with E-state index in [0.717, 1.165) is 23.4 Å². The normalized spacial score (nSPS) is 19.2. The van der Waals surface area contributed by atoms with Gasteiger partial charge in [0, 0.05) is 28.9 Å². The summed E-state index contributed by atoms with van der Waals surface area (Å²) in [6.45, 7) is 0. The zero-order chi connectivity index (χ0) is 17.2. The topological polar surface area (TPSA) is 83.6 Å². The van der Waals surface area contributed by atoms with E-state index >= 15 is 0 Å². The Morgan fingerprint density at radius 3 is 2.56 bits per heavy atom. The molecule has 0 saturated heterocycles. The molecule has 2 N–H and O–H groups in total. The molecule has 0 unspecified atom stereocenters. The van der Waals surface area contributed by atoms with Gasteiger partial charge < -0.3 is 0 Å². The van der Waals surface area contributed by atoms with Gasteiger partial charge in [-0.25, -0.2) is 0 Å². The van der Waals surface area contributed by atoms with Crippen molar-refractivity contribution < 1.29 is 4.79 Å². The number of anilines is 1. The van der Waals surface area contributed by atoms with Crippen molar-refractivity contribution in [3.05, 3.63) is 59.4 Å². The van der Waals surface area contributed by atoms with Crippen LogP contribution in [-0.2, 0) is 4.79 Å². The minimum Gasteiger partial charge on any atom is -0.293 e. The number of benzene rings is 1. The molecule has 126 valence electrons. The molecule has 7 heteroatoms. The average Bonchev–Trinajstić information content (AvgIpc) is 3.04. The first-order chi connectivity index (χ1) is 12.2. The van der Waals surface area contributed by atoms with Gasteiger partial charge in [-0.15, -0.1) is 5.10 Å². The highest BCUT2D eigenvalue weighted by molar-refractivity contribution is 6.30. The number of nitrogens with one attached hydrogen (secondary N) is 2. The first-order valence-electron chi connectivity index (χ1n) is 8.08. The summed E-state index contributed by atoms with van der Waals surface area (Å²) in [4.78, 5) is 20.6. The molecular formula is C18H16ClN5O. The summed E-state index contributed by atoms with van der Waals surface area (Å²) in [5.74, 6) is 1.26. The molecule has 1 aliphatic rings. The maximum Gasteiger partial charge on any atom is 0.249 e. The third-order valence-corrected chi connectivity index (χ3v) is 4.78. The minimum absolute atomic E-state index is 0.0106. The Hall–Kier alpha value is -2.73. The van der Waals surface area contributed by atoms with E-state index < -0.39 is 0 Å². The standard InChI is InChI=1S/C18H16ClN5O/c19-15-3-1-11(2-4-15)13-9-14(10-13)17(25)22-18-21-16(23-24-18)12-5-7-20-8-6-12/h1-8,13-14H,9-10H2,(H2,21,22,23,24,25). The van der Waals surface area contributed by atoms with Crippen LogP contribution < -0.4 is 5.32 Å². The number of pyridine rings is 1. The molecule has 0 radical (unpaired) electrons. The average molecular weight is 354 g/mol. The molecule has 0 bridgehead atoms. The second-order valence-electron chi connectivity index (χ2n) is 6.15. The fraction of sp³-hybridized carbons (Fsp3) is 0.222. The van der Waals surface area contributed by atoms with Crippen LogP contribution in [0.1, 0.15) is 24.3 Å². The zero-order valence-corrected chi connectivity index (χ0v) is 14.1. The summed E-state index contributed by atoms with van der Waals surface area (Å²) in [7, 11) is 0. The molecule has 0 spiro atoms. The summed E-state index contributed by atoms with van der Waals surface area (Å²) in [5, 5.41) is 10.4. The minimum atomic E-state index is -0.0366. The predicted octanol–water partition coefficient (Wildman–Crippen LogP) is 3.65. The zero-order valence-electron chi connectivity index (χ0n) is 13.3. The number of rotatable bonds is 4. The summed E-state index contributed by atoms with van der Waals surface area (Å²) in [5.41, 5.74) is 2.10. The quantitative estimate of drug-likeness (QED) is 0.749. The van der Waals surface area contributed by atoms with Gasteiger partial charge in [0.2, 0.25) is 11.9 Å². The van der Waals surface area contributed by atoms with E-state index in [1.54, 1.807) is 12.4 Å². The number of hydrogen-bond donors (Lipinski definition) is 2. The number of hydrogen-bond acceptors (Lipinski definition) is 4. The van der Waals surface area contributed by atoms with Crippen LogP contribution in [-0.4, -0.2) is 26.1 Å². The monoisotopic (exact) mass is 353 g/mol. The van der Waals surface area contributed by atoms with E-state index in [1.165, 1.54) is 5.56 Å². The van der Waals surface area contributed by atoms with Crippen molar-refractivity contribution >= 4 is 23.5 Å². The largest absolute Gasteiger partial charge is 0.293 e. The first-order valence-corrected chi connectivity index (χ1v) is 8.46. The van der Waals surface area contributed by atoms with Gasteiger partial charge in [0.1, 0.15) is 0 Å². The van der Waals surface area contributed by atoms with Crippen molar-refractivity contribution in [3.8, 4) is 11.4 Å². The summed E-state index contributed by atoms with van der Waals surface area (Å²) >= 11 is 5.91. The van der Waals surface area contributed by atoms with Gasteiger partial charge >= 0.3 is 0 Å². The maximum atomic E-state index is 12.3. The molecule has 4 rings (SSSR count). The van der Waals surface area contributed by atoms with Gasteiger partial charge in [-0.05, 0) is 48.6 Å². The number of H-pyrrole nitrogens is 1. The SMILES string of the molecule is O=C(Nc1n[nH]c(-c2ccncc2)n1)C1CC(c2ccc(Cl)cc2)C1. The van der Waals surface area contributed by atoms with Crippen LogP contribution in [0.5, 0.6) is 0 Å². The second kappa shape index (κ2) is 6.64. The van der Waals surface area contributed by atoms with E-state index in [1.807, 2.05) is 36.4 Å². The van der Waals surface area contributed by atoms with Gasteiger partial charge in [0.25, 0.3) is 0 Å². The number of carbonyl (C=O) groups excluding carboxylic acids is 1. The van der Waals surface area contributed by atoms with E-state index in [4.69, 9.17) is 11.6 Å². The number of aromatic amines is 1. The Bertz CT molecular complexity index is 872. The van der Waals surface area contributed by atoms with Crippen molar-refractivity contribution in [2.24, 2.45) is 5.92 Å². The van der Waals surface area contributed by atoms with Gasteiger partial charge in [-0.2, -0.15) is 4.98 Å². The van der Waals surface area contributed by atoms with Crippen molar-refractivity contribution in [3.63, 3.8) is 0 Å². The Morgan fingerprint density at radius 1 is 1.12 bits per heavy atom. The Morgan fingerprint density at radius 2 is 1.84 bits per heavy atom. The second-order valence-corrected chi connectivity index (χ2v) is 6.59. The van der Waals surface area contributed by atoms with Crippen molar-refractivity contribution in [1.82, 2.24) is 20.2 Å². The molecular weight excluding hydrogens is 338 g/mol. The van der Waals surface area contributed by atoms with Crippen LogP contribution in [0, 0.1) is 5.92 Å². The lowest BCUT2D eigenvalue weighted by Gasteiger charge is -2.34. The molecule has 1 saturated carbocycles. The van der Waals surface area contributed by atoms with E-state index in [0.29, 0.717) is 17.7 Å². The Balaban J connectivity index is 1.34. The molecule has 0 atom stereocenters. The van der Waals surface area contributed by atoms with Crippen LogP contribution in [0.15, 0.2) is 48.8 Å². The van der Waals surface area contributed by atoms with Crippen molar-refractivity contribution in [2.75, 3.05) is 5.32 Å². The molecule has 2 heterocycles. The van der Waals surface area contributed by atoms with Gasteiger partial charge in [-0.3, -0.25) is 20.2 Å². The highest BCUT2D eigenvalue weighted by Crippen LogP contribution is 2.42. The molecule has 6 nitrogen and oxygen atoms in total. The molecule has 2 aromatic heterocycles. The molecule has 1 fully saturated rings. The van der Waals surface area contributed by atoms with Gasteiger partial charge in [0.05, 0.1) is 0 Å². The molecule has 1 aromatic carbocycles. The molecule has 1 aliphatic carbocycles. The first kappa shape index (κ1) is 15.8. The lowest BCUT2D eigenvalue weighted by atomic mass is 9.71. The Kier molecular flexibility index (Phi) is 4.19. The third kappa shape index (κ3) is 3.39. The maximum absolute atomic E-state index is 12.3. The van der Waals surface area contributed by atoms with Crippen LogP contribution in [0.2, 0.25) is 5.02 Å². The van der Waals surface area contributed by atoms with E-state index in [2.05, 4.69) is 25.5 Å². The van der Waals surface area contributed by atoms with Gasteiger partial charge in [-0.1, -0.05) is 23.7 Å². The van der Waals surface area contributed by atoms with Crippen molar-refractivity contribution in [2.45, 2.75) is 18.8 Å². The predicted molar refractivity (Wildman–Crippen MR) is 95.2 cm³/mol.